The number of H-pyrrole nitrogens is 1. The van der Waals surface area contributed by atoms with Gasteiger partial charge in [0.25, 0.3) is 0 Å². The fourth-order valence-corrected chi connectivity index (χ4v) is 5.21. The van der Waals surface area contributed by atoms with E-state index in [2.05, 4.69) is 9.88 Å². The van der Waals surface area contributed by atoms with Crippen molar-refractivity contribution in [1.29, 1.82) is 0 Å². The first kappa shape index (κ1) is 25.4. The lowest BCUT2D eigenvalue weighted by molar-refractivity contribution is 0.0668. The third-order valence-corrected chi connectivity index (χ3v) is 7.15. The van der Waals surface area contributed by atoms with E-state index in [0.717, 1.165) is 58.7 Å². The summed E-state index contributed by atoms with van der Waals surface area (Å²) in [4.78, 5) is 5.53. The van der Waals surface area contributed by atoms with Gasteiger partial charge in [-0.15, -0.1) is 0 Å². The molecular formula is C30H28ClF3N2O. The molecule has 2 heterocycles. The molecule has 3 aromatic carbocycles. The molecule has 0 spiro atoms. The van der Waals surface area contributed by atoms with Crippen LogP contribution in [0.1, 0.15) is 30.2 Å². The molecule has 0 aliphatic carbocycles. The summed E-state index contributed by atoms with van der Waals surface area (Å²) in [6, 6.07) is 18.8. The molecule has 1 saturated heterocycles. The van der Waals surface area contributed by atoms with Crippen LogP contribution in [0, 0.1) is 17.6 Å². The van der Waals surface area contributed by atoms with Crippen LogP contribution in [0.3, 0.4) is 0 Å². The minimum atomic E-state index is -0.396. The molecule has 0 saturated carbocycles. The third-order valence-electron chi connectivity index (χ3n) is 6.84. The minimum Gasteiger partial charge on any atom is -0.492 e. The highest BCUT2D eigenvalue weighted by Gasteiger charge is 2.25. The van der Waals surface area contributed by atoms with Crippen molar-refractivity contribution in [3.63, 3.8) is 0 Å². The number of hydrogen-bond donors (Lipinski definition) is 1. The number of nitrogens with one attached hydrogen (secondary N) is 1. The van der Waals surface area contributed by atoms with Crippen molar-refractivity contribution in [2.75, 3.05) is 32.9 Å². The highest BCUT2D eigenvalue weighted by atomic mass is 35.5. The summed E-state index contributed by atoms with van der Waals surface area (Å²) in [6.07, 6.45) is 0.637. The number of fused-ring (bicyclic) bond motifs is 1. The summed E-state index contributed by atoms with van der Waals surface area (Å²) in [7, 11) is 0. The molecule has 192 valence electrons. The molecule has 5 rings (SSSR count). The summed E-state index contributed by atoms with van der Waals surface area (Å²) < 4.78 is 46.3. The number of rotatable bonds is 9. The van der Waals surface area contributed by atoms with Crippen LogP contribution in [0.15, 0.2) is 66.7 Å². The normalized spacial score (nSPS) is 15.1. The Morgan fingerprint density at radius 2 is 1.73 bits per heavy atom. The van der Waals surface area contributed by atoms with Crippen LogP contribution in [0.4, 0.5) is 13.2 Å². The van der Waals surface area contributed by atoms with Crippen LogP contribution < -0.4 is 4.74 Å². The average molecular weight is 525 g/mol. The van der Waals surface area contributed by atoms with E-state index in [1.807, 2.05) is 37.3 Å². The maximum atomic E-state index is 13.9. The number of halogens is 4. The molecule has 0 unspecified atom stereocenters. The van der Waals surface area contributed by atoms with Crippen molar-refractivity contribution in [2.45, 2.75) is 13.3 Å². The lowest BCUT2D eigenvalue weighted by atomic mass is 9.90. The van der Waals surface area contributed by atoms with E-state index in [0.29, 0.717) is 23.6 Å². The number of aromatic amines is 1. The van der Waals surface area contributed by atoms with Crippen molar-refractivity contribution >= 4 is 33.7 Å². The van der Waals surface area contributed by atoms with Gasteiger partial charge in [0.2, 0.25) is 0 Å². The van der Waals surface area contributed by atoms with Crippen LogP contribution >= 0.6 is 11.6 Å². The van der Waals surface area contributed by atoms with E-state index in [1.54, 1.807) is 12.1 Å². The largest absolute Gasteiger partial charge is 0.492 e. The first-order valence-corrected chi connectivity index (χ1v) is 12.8. The zero-order chi connectivity index (χ0) is 25.9. The Morgan fingerprint density at radius 3 is 2.43 bits per heavy atom. The fourth-order valence-electron chi connectivity index (χ4n) is 4.93. The van der Waals surface area contributed by atoms with E-state index >= 15 is 0 Å². The first-order valence-electron chi connectivity index (χ1n) is 12.4. The fraction of sp³-hybridized carbons (Fsp3) is 0.267. The summed E-state index contributed by atoms with van der Waals surface area (Å²) in [6.45, 7) is 4.62. The van der Waals surface area contributed by atoms with E-state index in [9.17, 15) is 13.2 Å². The van der Waals surface area contributed by atoms with Gasteiger partial charge in [-0.2, -0.15) is 0 Å². The average Bonchev–Trinajstić information content (AvgIpc) is 3.27. The molecule has 7 heteroatoms. The first-order chi connectivity index (χ1) is 17.9. The number of aromatic nitrogens is 1. The molecule has 4 aromatic rings. The van der Waals surface area contributed by atoms with Gasteiger partial charge in [-0.3, -0.25) is 9.29 Å². The highest BCUT2D eigenvalue weighted by molar-refractivity contribution is 6.32. The van der Waals surface area contributed by atoms with Gasteiger partial charge in [0.15, 0.2) is 0 Å². The number of benzene rings is 3. The van der Waals surface area contributed by atoms with Gasteiger partial charge in [0, 0.05) is 47.7 Å². The smallest absolute Gasteiger partial charge is 0.125 e. The van der Waals surface area contributed by atoms with Gasteiger partial charge in [-0.1, -0.05) is 36.7 Å². The number of nitrogens with zero attached hydrogens (tertiary/aromatic N) is 1. The van der Waals surface area contributed by atoms with Gasteiger partial charge < -0.3 is 9.72 Å². The Hall–Kier alpha value is -3.22. The number of ether oxygens (including phenoxy) is 1. The van der Waals surface area contributed by atoms with Crippen LogP contribution in [0.25, 0.3) is 22.0 Å². The summed E-state index contributed by atoms with van der Waals surface area (Å²) in [5, 5.41) is 1.22. The van der Waals surface area contributed by atoms with Crippen molar-refractivity contribution in [1.82, 2.24) is 9.88 Å². The molecule has 0 bridgehead atoms. The maximum Gasteiger partial charge on any atom is 0.125 e. The van der Waals surface area contributed by atoms with Gasteiger partial charge in [-0.25, -0.2) is 8.78 Å². The zero-order valence-electron chi connectivity index (χ0n) is 20.5. The Morgan fingerprint density at radius 1 is 1.00 bits per heavy atom. The second-order valence-corrected chi connectivity index (χ2v) is 9.81. The monoisotopic (exact) mass is 524 g/mol. The number of allylic oxidation sites excluding steroid dienone is 1. The topological polar surface area (TPSA) is 28.3 Å². The second-order valence-electron chi connectivity index (χ2n) is 9.40. The van der Waals surface area contributed by atoms with Crippen molar-refractivity contribution in [2.24, 2.45) is 5.92 Å². The molecule has 0 amide bonds. The molecular weight excluding hydrogens is 497 g/mol. The Bertz CT molecular complexity index is 1420. The molecule has 1 N–H and O–H groups in total. The maximum absolute atomic E-state index is 13.9. The van der Waals surface area contributed by atoms with Gasteiger partial charge in [0.1, 0.15) is 24.0 Å². The quantitative estimate of drug-likeness (QED) is 0.227. The van der Waals surface area contributed by atoms with Crippen LogP contribution in [0.5, 0.6) is 5.75 Å². The van der Waals surface area contributed by atoms with E-state index < -0.39 is 5.82 Å². The number of hydrogen-bond acceptors (Lipinski definition) is 2. The van der Waals surface area contributed by atoms with Crippen LogP contribution in [0.2, 0.25) is 5.02 Å². The Labute approximate surface area is 219 Å². The molecule has 0 radical (unpaired) electrons. The third kappa shape index (κ3) is 5.55. The molecule has 0 atom stereocenters. The van der Waals surface area contributed by atoms with Gasteiger partial charge >= 0.3 is 0 Å². The molecule has 1 aliphatic heterocycles. The zero-order valence-corrected chi connectivity index (χ0v) is 21.3. The predicted octanol–water partition coefficient (Wildman–Crippen LogP) is 7.75. The predicted molar refractivity (Wildman–Crippen MR) is 144 cm³/mol. The summed E-state index contributed by atoms with van der Waals surface area (Å²) in [5.74, 6) is 0.186. The van der Waals surface area contributed by atoms with Crippen molar-refractivity contribution in [3.05, 3.63) is 100 Å². The van der Waals surface area contributed by atoms with E-state index in [1.165, 1.54) is 24.3 Å². The lowest BCUT2D eigenvalue weighted by Crippen LogP contribution is -2.49. The van der Waals surface area contributed by atoms with E-state index in [4.69, 9.17) is 16.3 Å². The summed E-state index contributed by atoms with van der Waals surface area (Å²) in [5.41, 5.74) is 5.00. The van der Waals surface area contributed by atoms with Gasteiger partial charge in [0.05, 0.1) is 11.7 Å². The Kier molecular flexibility index (Phi) is 7.58. The second kappa shape index (κ2) is 11.0. The number of alkyl halides is 1. The van der Waals surface area contributed by atoms with Gasteiger partial charge in [-0.05, 0) is 71.7 Å². The molecule has 37 heavy (non-hydrogen) atoms. The number of likely N-dealkylation sites (tertiary alicyclic amines) is 1. The van der Waals surface area contributed by atoms with Crippen LogP contribution in [-0.4, -0.2) is 42.8 Å². The molecule has 3 nitrogen and oxygen atoms in total. The summed E-state index contributed by atoms with van der Waals surface area (Å²) >= 11 is 6.49. The molecule has 1 aliphatic rings. The standard InChI is InChI=1S/C30H28ClF3N2O/c1-2-25(26-10-7-22(33)14-27(26)31)30(29-13-21-3-6-23(34)15-28(21)35-29)20-4-8-24(9-5-20)37-12-11-36-17-19(16-32)18-36/h3-10,13-15,19,35H,2,11-12,16-18H2,1H3/b30-25+. The van der Waals surface area contributed by atoms with E-state index in [-0.39, 0.29) is 18.4 Å². The molecule has 1 aromatic heterocycles. The van der Waals surface area contributed by atoms with Crippen molar-refractivity contribution < 1.29 is 17.9 Å². The lowest BCUT2D eigenvalue weighted by Gasteiger charge is -2.37. The Balaban J connectivity index is 1.48. The minimum absolute atomic E-state index is 0.160. The molecule has 1 fully saturated rings. The van der Waals surface area contributed by atoms with Crippen LogP contribution in [-0.2, 0) is 0 Å². The SMILES string of the molecule is CC/C(=C(/c1ccc(OCCN2CC(CF)C2)cc1)c1cc2ccc(F)cc2[nH]1)c1ccc(F)cc1Cl. The highest BCUT2D eigenvalue weighted by Crippen LogP contribution is 2.38. The van der Waals surface area contributed by atoms with Crippen molar-refractivity contribution in [3.8, 4) is 5.75 Å².